The molecule has 1 aliphatic rings. The van der Waals surface area contributed by atoms with Crippen LogP contribution in [0.3, 0.4) is 0 Å². The zero-order valence-corrected chi connectivity index (χ0v) is 19.2. The second kappa shape index (κ2) is 10.5. The van der Waals surface area contributed by atoms with Crippen molar-refractivity contribution in [1.82, 2.24) is 14.8 Å². The van der Waals surface area contributed by atoms with Crippen LogP contribution in [0.4, 0.5) is 5.69 Å². The van der Waals surface area contributed by atoms with Crippen molar-refractivity contribution in [2.24, 2.45) is 7.05 Å². The predicted octanol–water partition coefficient (Wildman–Crippen LogP) is 4.93. The van der Waals surface area contributed by atoms with Crippen molar-refractivity contribution in [2.45, 2.75) is 43.9 Å². The van der Waals surface area contributed by atoms with Crippen molar-refractivity contribution >= 4 is 23.4 Å². The van der Waals surface area contributed by atoms with Crippen molar-refractivity contribution in [1.29, 1.82) is 0 Å². The third kappa shape index (κ3) is 5.43. The number of hydrogen-bond acceptors (Lipinski definition) is 6. The van der Waals surface area contributed by atoms with Crippen molar-refractivity contribution in [2.75, 3.05) is 17.7 Å². The Morgan fingerprint density at radius 1 is 1.12 bits per heavy atom. The maximum Gasteiger partial charge on any atom is 0.234 e. The summed E-state index contributed by atoms with van der Waals surface area (Å²) in [7, 11) is 1.91. The van der Waals surface area contributed by atoms with Crippen LogP contribution in [0.15, 0.2) is 53.7 Å². The molecule has 168 valence electrons. The van der Waals surface area contributed by atoms with E-state index in [9.17, 15) is 4.79 Å². The Hall–Kier alpha value is -3.00. The Balaban J connectivity index is 1.35. The minimum atomic E-state index is -0.125. The SMILES string of the molecule is CCOc1ccccc1NC(=O)CSc1nnc(-c2ccc(OC3CCCC3)cc2)n1C. The highest BCUT2D eigenvalue weighted by molar-refractivity contribution is 7.99. The molecular formula is C24H28N4O3S. The lowest BCUT2D eigenvalue weighted by Gasteiger charge is -2.13. The molecule has 1 aliphatic carbocycles. The van der Waals surface area contributed by atoms with E-state index in [0.717, 1.165) is 30.0 Å². The van der Waals surface area contributed by atoms with Crippen LogP contribution in [-0.4, -0.2) is 39.1 Å². The first-order valence-corrected chi connectivity index (χ1v) is 11.9. The fourth-order valence-corrected chi connectivity index (χ4v) is 4.45. The summed E-state index contributed by atoms with van der Waals surface area (Å²) in [4.78, 5) is 12.5. The minimum Gasteiger partial charge on any atom is -0.492 e. The maximum atomic E-state index is 12.5. The molecule has 0 saturated heterocycles. The number of para-hydroxylation sites is 2. The lowest BCUT2D eigenvalue weighted by Crippen LogP contribution is -2.15. The number of hydrogen-bond donors (Lipinski definition) is 1. The lowest BCUT2D eigenvalue weighted by molar-refractivity contribution is -0.113. The molecule has 0 aliphatic heterocycles. The van der Waals surface area contributed by atoms with E-state index in [0.29, 0.717) is 29.3 Å². The van der Waals surface area contributed by atoms with Crippen molar-refractivity contribution in [3.05, 3.63) is 48.5 Å². The summed E-state index contributed by atoms with van der Waals surface area (Å²) < 4.78 is 13.5. The molecule has 1 amide bonds. The van der Waals surface area contributed by atoms with Crippen LogP contribution >= 0.6 is 11.8 Å². The van der Waals surface area contributed by atoms with Crippen LogP contribution in [0.1, 0.15) is 32.6 Å². The normalized spacial score (nSPS) is 13.8. The molecular weight excluding hydrogens is 424 g/mol. The maximum absolute atomic E-state index is 12.5. The van der Waals surface area contributed by atoms with Gasteiger partial charge in [0, 0.05) is 12.6 Å². The van der Waals surface area contributed by atoms with Gasteiger partial charge in [-0.05, 0) is 69.0 Å². The number of amides is 1. The van der Waals surface area contributed by atoms with Crippen LogP contribution < -0.4 is 14.8 Å². The van der Waals surface area contributed by atoms with Gasteiger partial charge in [-0.25, -0.2) is 0 Å². The molecule has 1 N–H and O–H groups in total. The third-order valence-corrected chi connectivity index (χ3v) is 6.37. The fourth-order valence-electron chi connectivity index (χ4n) is 3.74. The van der Waals surface area contributed by atoms with E-state index in [4.69, 9.17) is 9.47 Å². The molecule has 3 aromatic rings. The van der Waals surface area contributed by atoms with Gasteiger partial charge in [-0.1, -0.05) is 23.9 Å². The first kappa shape index (κ1) is 22.2. The van der Waals surface area contributed by atoms with Gasteiger partial charge in [0.05, 0.1) is 24.2 Å². The zero-order chi connectivity index (χ0) is 22.3. The Labute approximate surface area is 192 Å². The molecule has 1 aromatic heterocycles. The average Bonchev–Trinajstić information content (AvgIpc) is 3.44. The van der Waals surface area contributed by atoms with Gasteiger partial charge < -0.3 is 19.4 Å². The van der Waals surface area contributed by atoms with Crippen LogP contribution in [0.2, 0.25) is 0 Å². The van der Waals surface area contributed by atoms with Gasteiger partial charge in [-0.2, -0.15) is 0 Å². The van der Waals surface area contributed by atoms with Crippen LogP contribution in [0.25, 0.3) is 11.4 Å². The molecule has 0 bridgehead atoms. The largest absolute Gasteiger partial charge is 0.492 e. The molecule has 4 rings (SSSR count). The van der Waals surface area contributed by atoms with Gasteiger partial charge in [-0.3, -0.25) is 4.79 Å². The average molecular weight is 453 g/mol. The van der Waals surface area contributed by atoms with Crippen molar-refractivity contribution in [3.8, 4) is 22.9 Å². The number of ether oxygens (including phenoxy) is 2. The van der Waals surface area contributed by atoms with Gasteiger partial charge in [0.25, 0.3) is 0 Å². The summed E-state index contributed by atoms with van der Waals surface area (Å²) in [6.07, 6.45) is 5.11. The highest BCUT2D eigenvalue weighted by atomic mass is 32.2. The summed E-state index contributed by atoms with van der Waals surface area (Å²) in [6, 6.07) is 15.4. The molecule has 2 aromatic carbocycles. The molecule has 1 fully saturated rings. The Morgan fingerprint density at radius 2 is 1.88 bits per heavy atom. The molecule has 32 heavy (non-hydrogen) atoms. The number of benzene rings is 2. The molecule has 7 nitrogen and oxygen atoms in total. The van der Waals surface area contributed by atoms with Gasteiger partial charge in [0.15, 0.2) is 11.0 Å². The highest BCUT2D eigenvalue weighted by Crippen LogP contribution is 2.28. The first-order valence-electron chi connectivity index (χ1n) is 10.9. The fraction of sp³-hybridized carbons (Fsp3) is 0.375. The van der Waals surface area contributed by atoms with Gasteiger partial charge in [-0.15, -0.1) is 10.2 Å². The number of carbonyl (C=O) groups is 1. The van der Waals surface area contributed by atoms with Crippen molar-refractivity contribution in [3.63, 3.8) is 0 Å². The van der Waals surface area contributed by atoms with E-state index >= 15 is 0 Å². The molecule has 1 heterocycles. The molecule has 0 radical (unpaired) electrons. The number of carbonyl (C=O) groups excluding carboxylic acids is 1. The number of nitrogens with zero attached hydrogens (tertiary/aromatic N) is 3. The first-order chi connectivity index (χ1) is 15.6. The standard InChI is InChI=1S/C24H28N4O3S/c1-3-30-21-11-7-6-10-20(21)25-22(29)16-32-24-27-26-23(28(24)2)17-12-14-19(15-13-17)31-18-8-4-5-9-18/h6-7,10-15,18H,3-5,8-9,16H2,1-2H3,(H,25,29). The second-order valence-corrected chi connectivity index (χ2v) is 8.62. The molecule has 8 heteroatoms. The zero-order valence-electron chi connectivity index (χ0n) is 18.4. The van der Waals surface area contributed by atoms with E-state index in [-0.39, 0.29) is 11.7 Å². The van der Waals surface area contributed by atoms with E-state index in [2.05, 4.69) is 15.5 Å². The van der Waals surface area contributed by atoms with Crippen LogP contribution in [0.5, 0.6) is 11.5 Å². The number of nitrogens with one attached hydrogen (secondary N) is 1. The minimum absolute atomic E-state index is 0.125. The Kier molecular flexibility index (Phi) is 7.32. The molecule has 0 spiro atoms. The van der Waals surface area contributed by atoms with E-state index in [1.54, 1.807) is 0 Å². The summed E-state index contributed by atoms with van der Waals surface area (Å²) in [5.41, 5.74) is 1.62. The number of aromatic nitrogens is 3. The quantitative estimate of drug-likeness (QED) is 0.464. The summed E-state index contributed by atoms with van der Waals surface area (Å²) in [5.74, 6) is 2.40. The molecule has 0 atom stereocenters. The third-order valence-electron chi connectivity index (χ3n) is 5.35. The number of thioether (sulfide) groups is 1. The second-order valence-electron chi connectivity index (χ2n) is 7.68. The summed E-state index contributed by atoms with van der Waals surface area (Å²) in [6.45, 7) is 2.45. The molecule has 1 saturated carbocycles. The number of rotatable bonds is 9. The Morgan fingerprint density at radius 3 is 2.62 bits per heavy atom. The summed E-state index contributed by atoms with van der Waals surface area (Å²) in [5, 5.41) is 12.2. The van der Waals surface area contributed by atoms with E-state index in [1.165, 1.54) is 24.6 Å². The lowest BCUT2D eigenvalue weighted by atomic mass is 10.2. The van der Waals surface area contributed by atoms with Gasteiger partial charge >= 0.3 is 0 Å². The smallest absolute Gasteiger partial charge is 0.234 e. The topological polar surface area (TPSA) is 78.3 Å². The van der Waals surface area contributed by atoms with Crippen molar-refractivity contribution < 1.29 is 14.3 Å². The Bertz CT molecular complexity index is 1050. The predicted molar refractivity (Wildman–Crippen MR) is 126 cm³/mol. The highest BCUT2D eigenvalue weighted by Gasteiger charge is 2.17. The summed E-state index contributed by atoms with van der Waals surface area (Å²) >= 11 is 1.35. The van der Waals surface area contributed by atoms with Gasteiger partial charge in [0.1, 0.15) is 11.5 Å². The van der Waals surface area contributed by atoms with Gasteiger partial charge in [0.2, 0.25) is 5.91 Å². The molecule has 0 unspecified atom stereocenters. The monoisotopic (exact) mass is 452 g/mol. The van der Waals surface area contributed by atoms with Crippen LogP contribution in [0, 0.1) is 0 Å². The van der Waals surface area contributed by atoms with Crippen LogP contribution in [-0.2, 0) is 11.8 Å². The van der Waals surface area contributed by atoms with E-state index in [1.807, 2.05) is 67.1 Å². The number of anilines is 1. The van der Waals surface area contributed by atoms with E-state index < -0.39 is 0 Å².